The van der Waals surface area contributed by atoms with Gasteiger partial charge in [0.1, 0.15) is 0 Å². The van der Waals surface area contributed by atoms with Gasteiger partial charge < -0.3 is 20.1 Å². The third-order valence-corrected chi connectivity index (χ3v) is 4.60. The van der Waals surface area contributed by atoms with E-state index < -0.39 is 0 Å². The van der Waals surface area contributed by atoms with E-state index in [2.05, 4.69) is 41.6 Å². The Morgan fingerprint density at radius 2 is 2.29 bits per heavy atom. The molecule has 1 unspecified atom stereocenters. The van der Waals surface area contributed by atoms with Crippen molar-refractivity contribution in [3.8, 4) is 0 Å². The number of ether oxygens (including phenoxy) is 2. The number of guanidine groups is 1. The average Bonchev–Trinajstić information content (AvgIpc) is 3.19. The second-order valence-electron chi connectivity index (χ2n) is 5.70. The van der Waals surface area contributed by atoms with Crippen LogP contribution >= 0.6 is 35.3 Å². The summed E-state index contributed by atoms with van der Waals surface area (Å²) in [5.74, 6) is 0.873. The summed E-state index contributed by atoms with van der Waals surface area (Å²) in [5, 5.41) is 6.64. The van der Waals surface area contributed by atoms with Crippen molar-refractivity contribution in [3.05, 3.63) is 21.9 Å². The third-order valence-electron chi connectivity index (χ3n) is 3.62. The van der Waals surface area contributed by atoms with Crippen LogP contribution in [0.25, 0.3) is 0 Å². The van der Waals surface area contributed by atoms with Crippen molar-refractivity contribution in [1.29, 1.82) is 0 Å². The molecule has 5 nitrogen and oxygen atoms in total. The molecule has 0 aromatic carbocycles. The summed E-state index contributed by atoms with van der Waals surface area (Å²) in [6, 6.07) is 4.28. The Morgan fingerprint density at radius 3 is 2.96 bits per heavy atom. The quantitative estimate of drug-likeness (QED) is 0.253. The van der Waals surface area contributed by atoms with Crippen molar-refractivity contribution in [1.82, 2.24) is 10.6 Å². The first-order chi connectivity index (χ1) is 11.3. The molecule has 2 heterocycles. The lowest BCUT2D eigenvalue weighted by atomic mass is 10.2. The number of aryl methyl sites for hydroxylation is 1. The summed E-state index contributed by atoms with van der Waals surface area (Å²) in [6.07, 6.45) is 3.59. The number of halogens is 1. The molecule has 1 aliphatic heterocycles. The van der Waals surface area contributed by atoms with E-state index in [1.54, 1.807) is 11.3 Å². The maximum absolute atomic E-state index is 5.67. The zero-order chi connectivity index (χ0) is 16.3. The predicted molar refractivity (Wildman–Crippen MR) is 112 cm³/mol. The highest BCUT2D eigenvalue weighted by Gasteiger charge is 2.14. The van der Waals surface area contributed by atoms with Gasteiger partial charge in [0.2, 0.25) is 0 Å². The van der Waals surface area contributed by atoms with Crippen LogP contribution in [-0.2, 0) is 16.0 Å². The number of hydrogen-bond donors (Lipinski definition) is 2. The van der Waals surface area contributed by atoms with Crippen LogP contribution in [0.3, 0.4) is 0 Å². The largest absolute Gasteiger partial charge is 0.379 e. The van der Waals surface area contributed by atoms with E-state index in [1.165, 1.54) is 16.2 Å². The van der Waals surface area contributed by atoms with Crippen LogP contribution in [0, 0.1) is 6.92 Å². The molecule has 0 spiro atoms. The van der Waals surface area contributed by atoms with Crippen LogP contribution in [0.4, 0.5) is 0 Å². The van der Waals surface area contributed by atoms with Crippen LogP contribution in [-0.4, -0.2) is 45.0 Å². The van der Waals surface area contributed by atoms with Gasteiger partial charge in [0, 0.05) is 36.1 Å². The summed E-state index contributed by atoms with van der Waals surface area (Å²) < 4.78 is 11.2. The van der Waals surface area contributed by atoms with Gasteiger partial charge in [-0.15, -0.1) is 35.3 Å². The lowest BCUT2D eigenvalue weighted by Crippen LogP contribution is -2.38. The smallest absolute Gasteiger partial charge is 0.191 e. The van der Waals surface area contributed by atoms with Crippen LogP contribution in [0.15, 0.2) is 17.1 Å². The molecular formula is C17H30IN3O2S. The Morgan fingerprint density at radius 1 is 1.42 bits per heavy atom. The fourth-order valence-electron chi connectivity index (χ4n) is 2.44. The molecule has 0 aliphatic carbocycles. The Balaban J connectivity index is 0.00000288. The second-order valence-corrected chi connectivity index (χ2v) is 7.07. The Hall–Kier alpha value is -0.380. The molecule has 0 radical (unpaired) electrons. The normalized spacial score (nSPS) is 17.6. The standard InChI is InChI=1S/C17H29N3O2S.HI/c1-3-18-17(20-12-16-8-7-14(2)23-16)19-9-5-10-21-13-15-6-4-11-22-15;/h7-8,15H,3-6,9-13H2,1-2H3,(H2,18,19,20);1H. The number of nitrogens with zero attached hydrogens (tertiary/aromatic N) is 1. The molecule has 0 bridgehead atoms. The summed E-state index contributed by atoms with van der Waals surface area (Å²) >= 11 is 1.80. The summed E-state index contributed by atoms with van der Waals surface area (Å²) in [4.78, 5) is 7.24. The van der Waals surface area contributed by atoms with Gasteiger partial charge >= 0.3 is 0 Å². The first-order valence-electron chi connectivity index (χ1n) is 8.54. The zero-order valence-electron chi connectivity index (χ0n) is 14.7. The number of hydrogen-bond acceptors (Lipinski definition) is 4. The molecule has 1 aromatic heterocycles. The molecule has 0 saturated carbocycles. The Bertz CT molecular complexity index is 476. The van der Waals surface area contributed by atoms with E-state index in [9.17, 15) is 0 Å². The van der Waals surface area contributed by atoms with Crippen molar-refractivity contribution < 1.29 is 9.47 Å². The first kappa shape index (κ1) is 21.7. The highest BCUT2D eigenvalue weighted by molar-refractivity contribution is 14.0. The molecule has 1 saturated heterocycles. The third kappa shape index (κ3) is 8.64. The Labute approximate surface area is 166 Å². The van der Waals surface area contributed by atoms with E-state index in [1.807, 2.05) is 0 Å². The minimum absolute atomic E-state index is 0. The molecule has 24 heavy (non-hydrogen) atoms. The van der Waals surface area contributed by atoms with Crippen molar-refractivity contribution >= 4 is 41.3 Å². The van der Waals surface area contributed by atoms with Gasteiger partial charge in [-0.25, -0.2) is 4.99 Å². The number of rotatable bonds is 9. The van der Waals surface area contributed by atoms with E-state index in [4.69, 9.17) is 9.47 Å². The van der Waals surface area contributed by atoms with Gasteiger partial charge in [-0.1, -0.05) is 0 Å². The molecule has 1 aromatic rings. The molecule has 138 valence electrons. The lowest BCUT2D eigenvalue weighted by Gasteiger charge is -2.12. The number of aliphatic imine (C=N–C) groups is 1. The molecule has 2 N–H and O–H groups in total. The van der Waals surface area contributed by atoms with E-state index >= 15 is 0 Å². The van der Waals surface area contributed by atoms with Crippen molar-refractivity contribution in [2.24, 2.45) is 4.99 Å². The van der Waals surface area contributed by atoms with Gasteiger partial charge in [0.25, 0.3) is 0 Å². The van der Waals surface area contributed by atoms with E-state index in [-0.39, 0.29) is 24.0 Å². The van der Waals surface area contributed by atoms with Gasteiger partial charge in [-0.3, -0.25) is 0 Å². The highest BCUT2D eigenvalue weighted by Crippen LogP contribution is 2.15. The molecule has 7 heteroatoms. The fraction of sp³-hybridized carbons (Fsp3) is 0.706. The molecule has 1 aliphatic rings. The number of thiophene rings is 1. The molecular weight excluding hydrogens is 437 g/mol. The molecule has 1 fully saturated rings. The van der Waals surface area contributed by atoms with E-state index in [0.717, 1.165) is 58.3 Å². The van der Waals surface area contributed by atoms with Crippen molar-refractivity contribution in [2.45, 2.75) is 45.8 Å². The maximum atomic E-state index is 5.67. The van der Waals surface area contributed by atoms with Gasteiger partial charge in [0.15, 0.2) is 5.96 Å². The van der Waals surface area contributed by atoms with Crippen LogP contribution in [0.1, 0.15) is 35.9 Å². The molecule has 2 rings (SSSR count). The second kappa shape index (κ2) is 12.9. The minimum Gasteiger partial charge on any atom is -0.379 e. The summed E-state index contributed by atoms with van der Waals surface area (Å²) in [6.45, 7) is 9.04. The highest BCUT2D eigenvalue weighted by atomic mass is 127. The van der Waals surface area contributed by atoms with Crippen molar-refractivity contribution in [2.75, 3.05) is 32.9 Å². The Kier molecular flexibility index (Phi) is 11.7. The van der Waals surface area contributed by atoms with Crippen molar-refractivity contribution in [3.63, 3.8) is 0 Å². The lowest BCUT2D eigenvalue weighted by molar-refractivity contribution is 0.0168. The number of nitrogens with one attached hydrogen (secondary N) is 2. The zero-order valence-corrected chi connectivity index (χ0v) is 17.8. The topological polar surface area (TPSA) is 54.9 Å². The SMILES string of the molecule is CCNC(=NCc1ccc(C)s1)NCCCOCC1CCCO1.I. The minimum atomic E-state index is 0. The predicted octanol–water partition coefficient (Wildman–Crippen LogP) is 3.32. The van der Waals surface area contributed by atoms with Gasteiger partial charge in [-0.05, 0) is 45.2 Å². The summed E-state index contributed by atoms with van der Waals surface area (Å²) in [7, 11) is 0. The van der Waals surface area contributed by atoms with Crippen LogP contribution < -0.4 is 10.6 Å². The maximum Gasteiger partial charge on any atom is 0.191 e. The van der Waals surface area contributed by atoms with Crippen LogP contribution in [0.5, 0.6) is 0 Å². The summed E-state index contributed by atoms with van der Waals surface area (Å²) in [5.41, 5.74) is 0. The van der Waals surface area contributed by atoms with Gasteiger partial charge in [0.05, 0.1) is 19.3 Å². The average molecular weight is 467 g/mol. The van der Waals surface area contributed by atoms with E-state index in [0.29, 0.717) is 6.10 Å². The molecule has 1 atom stereocenters. The van der Waals surface area contributed by atoms with Gasteiger partial charge in [-0.2, -0.15) is 0 Å². The fourth-order valence-corrected chi connectivity index (χ4v) is 3.26. The monoisotopic (exact) mass is 467 g/mol. The first-order valence-corrected chi connectivity index (χ1v) is 9.36. The van der Waals surface area contributed by atoms with Crippen LogP contribution in [0.2, 0.25) is 0 Å². The molecule has 0 amide bonds.